The molecule has 1 aromatic rings. The first kappa shape index (κ1) is 22.1. The van der Waals surface area contributed by atoms with Crippen molar-refractivity contribution < 1.29 is 28.7 Å². The molecule has 0 aliphatic carbocycles. The van der Waals surface area contributed by atoms with Crippen LogP contribution in [0.4, 0.5) is 4.79 Å². The van der Waals surface area contributed by atoms with E-state index in [2.05, 4.69) is 10.6 Å². The Balaban J connectivity index is 2.82. The number of ketones is 1. The van der Waals surface area contributed by atoms with Crippen molar-refractivity contribution in [2.45, 2.75) is 32.7 Å². The van der Waals surface area contributed by atoms with Crippen molar-refractivity contribution in [1.82, 2.24) is 10.6 Å². The number of ether oxygens (including phenoxy) is 2. The molecule has 2 amide bonds. The molecule has 1 aromatic carbocycles. The number of hydrogen-bond donors (Lipinski definition) is 2. The number of benzene rings is 1. The van der Waals surface area contributed by atoms with Crippen molar-refractivity contribution in [1.29, 1.82) is 0 Å². The highest BCUT2D eigenvalue weighted by Gasteiger charge is 2.34. The van der Waals surface area contributed by atoms with Gasteiger partial charge in [0.1, 0.15) is 18.2 Å². The molecule has 0 spiro atoms. The molecule has 0 aromatic heterocycles. The van der Waals surface area contributed by atoms with E-state index in [1.54, 1.807) is 6.92 Å². The van der Waals surface area contributed by atoms with E-state index in [4.69, 9.17) is 9.47 Å². The lowest BCUT2D eigenvalue weighted by Crippen LogP contribution is -2.51. The highest BCUT2D eigenvalue weighted by molar-refractivity contribution is 5.99. The molecule has 1 unspecified atom stereocenters. The van der Waals surface area contributed by atoms with E-state index in [0.717, 1.165) is 5.56 Å². The molecular weight excluding hydrogens is 352 g/mol. The summed E-state index contributed by atoms with van der Waals surface area (Å²) in [6, 6.07) is 8.03. The van der Waals surface area contributed by atoms with Gasteiger partial charge in [-0.3, -0.25) is 14.4 Å². The van der Waals surface area contributed by atoms with Crippen molar-refractivity contribution in [2.24, 2.45) is 5.92 Å². The number of carbonyl (C=O) groups is 4. The smallest absolute Gasteiger partial charge is 0.325 e. The van der Waals surface area contributed by atoms with Gasteiger partial charge in [0, 0.05) is 0 Å². The van der Waals surface area contributed by atoms with Gasteiger partial charge in [0.2, 0.25) is 0 Å². The Labute approximate surface area is 158 Å². The molecule has 2 atom stereocenters. The number of carbonyl (C=O) groups excluding carboxylic acids is 4. The van der Waals surface area contributed by atoms with Crippen molar-refractivity contribution in [2.75, 3.05) is 20.3 Å². The number of methoxy groups -OCH3 is 1. The molecule has 2 N–H and O–H groups in total. The summed E-state index contributed by atoms with van der Waals surface area (Å²) in [4.78, 5) is 47.5. The fraction of sp³-hybridized carbons (Fsp3) is 0.474. The van der Waals surface area contributed by atoms with Crippen LogP contribution >= 0.6 is 0 Å². The zero-order valence-corrected chi connectivity index (χ0v) is 15.8. The van der Waals surface area contributed by atoms with Crippen LogP contribution in [0.2, 0.25) is 0 Å². The molecule has 0 saturated carbocycles. The second kappa shape index (κ2) is 11.7. The van der Waals surface area contributed by atoms with Crippen LogP contribution in [0, 0.1) is 5.92 Å². The zero-order chi connectivity index (χ0) is 20.2. The third-order valence-electron chi connectivity index (χ3n) is 3.90. The minimum absolute atomic E-state index is 0.205. The van der Waals surface area contributed by atoms with Gasteiger partial charge in [0.15, 0.2) is 0 Å². The van der Waals surface area contributed by atoms with Crippen LogP contribution in [-0.2, 0) is 30.3 Å². The lowest BCUT2D eigenvalue weighted by Gasteiger charge is -2.24. The largest absolute Gasteiger partial charge is 0.468 e. The number of nitrogens with one attached hydrogen (secondary N) is 2. The molecule has 0 saturated heterocycles. The van der Waals surface area contributed by atoms with E-state index in [0.29, 0.717) is 12.8 Å². The Bertz CT molecular complexity index is 647. The summed E-state index contributed by atoms with van der Waals surface area (Å²) in [6.07, 6.45) is 0.890. The summed E-state index contributed by atoms with van der Waals surface area (Å²) in [5.74, 6) is -2.84. The molecule has 0 heterocycles. The topological polar surface area (TPSA) is 111 Å². The quantitative estimate of drug-likeness (QED) is 0.468. The standard InChI is InChI=1S/C19H26N2O6/c1-4-27-16(23)12-20-19(25)21-15(17(13(2)22)18(24)26-3)11-10-14-8-6-5-7-9-14/h5-9,15,17H,4,10-12H2,1-3H3,(H2,20,21,25)/t15-,17?/m1/s1. The SMILES string of the molecule is CCOC(=O)CNC(=O)N[C@H](CCc1ccccc1)C(C(C)=O)C(=O)OC. The molecule has 8 heteroatoms. The number of Topliss-reactive ketones (excluding diaryl/α,β-unsaturated/α-hetero) is 1. The normalized spacial score (nSPS) is 12.4. The average Bonchev–Trinajstić information content (AvgIpc) is 2.65. The molecule has 8 nitrogen and oxygen atoms in total. The van der Waals surface area contributed by atoms with E-state index in [9.17, 15) is 19.2 Å². The van der Waals surface area contributed by atoms with Gasteiger partial charge >= 0.3 is 18.0 Å². The summed E-state index contributed by atoms with van der Waals surface area (Å²) in [6.45, 7) is 2.82. The second-order valence-corrected chi connectivity index (χ2v) is 5.87. The Morgan fingerprint density at radius 3 is 2.33 bits per heavy atom. The van der Waals surface area contributed by atoms with Crippen LogP contribution < -0.4 is 10.6 Å². The predicted octanol–water partition coefficient (Wildman–Crippen LogP) is 1.23. The maximum Gasteiger partial charge on any atom is 0.325 e. The van der Waals surface area contributed by atoms with Gasteiger partial charge in [-0.2, -0.15) is 0 Å². The minimum atomic E-state index is -1.13. The molecule has 0 aliphatic heterocycles. The molecular formula is C19H26N2O6. The van der Waals surface area contributed by atoms with Crippen molar-refractivity contribution in [3.05, 3.63) is 35.9 Å². The fourth-order valence-corrected chi connectivity index (χ4v) is 2.61. The van der Waals surface area contributed by atoms with Crippen LogP contribution in [0.3, 0.4) is 0 Å². The maximum absolute atomic E-state index is 12.1. The second-order valence-electron chi connectivity index (χ2n) is 5.87. The van der Waals surface area contributed by atoms with Gasteiger partial charge in [0.25, 0.3) is 0 Å². The van der Waals surface area contributed by atoms with E-state index >= 15 is 0 Å². The van der Waals surface area contributed by atoms with Gasteiger partial charge in [-0.15, -0.1) is 0 Å². The fourth-order valence-electron chi connectivity index (χ4n) is 2.61. The molecule has 0 fully saturated rings. The van der Waals surface area contributed by atoms with Crippen LogP contribution in [0.15, 0.2) is 30.3 Å². The Morgan fingerprint density at radius 1 is 1.11 bits per heavy atom. The first-order valence-corrected chi connectivity index (χ1v) is 8.71. The first-order valence-electron chi connectivity index (χ1n) is 8.71. The minimum Gasteiger partial charge on any atom is -0.468 e. The van der Waals surface area contributed by atoms with Gasteiger partial charge in [-0.05, 0) is 32.3 Å². The van der Waals surface area contributed by atoms with Crippen molar-refractivity contribution in [3.63, 3.8) is 0 Å². The van der Waals surface area contributed by atoms with Crippen LogP contribution in [0.5, 0.6) is 0 Å². The summed E-state index contributed by atoms with van der Waals surface area (Å²) >= 11 is 0. The molecule has 1 rings (SSSR count). The van der Waals surface area contributed by atoms with Gasteiger partial charge in [-0.1, -0.05) is 30.3 Å². The predicted molar refractivity (Wildman–Crippen MR) is 97.9 cm³/mol. The molecule has 148 valence electrons. The van der Waals surface area contributed by atoms with Gasteiger partial charge < -0.3 is 20.1 Å². The lowest BCUT2D eigenvalue weighted by atomic mass is 9.91. The third kappa shape index (κ3) is 7.89. The molecule has 27 heavy (non-hydrogen) atoms. The van der Waals surface area contributed by atoms with Crippen LogP contribution in [0.1, 0.15) is 25.8 Å². The van der Waals surface area contributed by atoms with Gasteiger partial charge in [-0.25, -0.2) is 4.79 Å². The Kier molecular flexibility index (Phi) is 9.57. The van der Waals surface area contributed by atoms with E-state index in [1.807, 2.05) is 30.3 Å². The molecule has 0 aliphatic rings. The maximum atomic E-state index is 12.1. The monoisotopic (exact) mass is 378 g/mol. The van der Waals surface area contributed by atoms with E-state index in [-0.39, 0.29) is 13.2 Å². The number of hydrogen-bond acceptors (Lipinski definition) is 6. The van der Waals surface area contributed by atoms with Crippen molar-refractivity contribution in [3.8, 4) is 0 Å². The van der Waals surface area contributed by atoms with Crippen molar-refractivity contribution >= 4 is 23.8 Å². The lowest BCUT2D eigenvalue weighted by molar-refractivity contribution is -0.150. The number of esters is 2. The summed E-state index contributed by atoms with van der Waals surface area (Å²) in [5.41, 5.74) is 1.00. The summed E-state index contributed by atoms with van der Waals surface area (Å²) < 4.78 is 9.45. The van der Waals surface area contributed by atoms with Crippen LogP contribution in [0.25, 0.3) is 0 Å². The Hall–Kier alpha value is -2.90. The summed E-state index contributed by atoms with van der Waals surface area (Å²) in [7, 11) is 1.19. The molecule has 0 radical (unpaired) electrons. The zero-order valence-electron chi connectivity index (χ0n) is 15.8. The number of rotatable bonds is 10. The number of amides is 2. The Morgan fingerprint density at radius 2 is 1.78 bits per heavy atom. The average molecular weight is 378 g/mol. The highest BCUT2D eigenvalue weighted by atomic mass is 16.5. The number of urea groups is 1. The summed E-state index contributed by atoms with van der Waals surface area (Å²) in [5, 5.41) is 4.96. The third-order valence-corrected chi connectivity index (χ3v) is 3.90. The van der Waals surface area contributed by atoms with Crippen LogP contribution in [-0.4, -0.2) is 50.1 Å². The highest BCUT2D eigenvalue weighted by Crippen LogP contribution is 2.15. The van der Waals surface area contributed by atoms with Gasteiger partial charge in [0.05, 0.1) is 19.8 Å². The first-order chi connectivity index (χ1) is 12.9. The molecule has 0 bridgehead atoms. The van der Waals surface area contributed by atoms with E-state index < -0.39 is 35.7 Å². The van der Waals surface area contributed by atoms with E-state index in [1.165, 1.54) is 14.0 Å². The number of aryl methyl sites for hydroxylation is 1.